The number of rotatable bonds is 8. The summed E-state index contributed by atoms with van der Waals surface area (Å²) in [7, 11) is 2.01. The summed E-state index contributed by atoms with van der Waals surface area (Å²) in [5, 5.41) is 11.9. The topological polar surface area (TPSA) is 61.8 Å². The molecule has 2 rings (SSSR count). The number of hydrogen-bond donors (Lipinski definition) is 2. The average Bonchev–Trinajstić information content (AvgIpc) is 2.60. The maximum Gasteiger partial charge on any atom is 0.251 e. The Morgan fingerprint density at radius 1 is 1.21 bits per heavy atom. The quantitative estimate of drug-likeness (QED) is 0.781. The summed E-state index contributed by atoms with van der Waals surface area (Å²) in [5.74, 6) is 0.434. The number of para-hydroxylation sites is 1. The van der Waals surface area contributed by atoms with Gasteiger partial charge in [-0.2, -0.15) is 0 Å². The Bertz CT molecular complexity index is 644. The third-order valence-corrected chi connectivity index (χ3v) is 3.55. The Morgan fingerprint density at radius 2 is 1.96 bits per heavy atom. The highest BCUT2D eigenvalue weighted by Crippen LogP contribution is 2.14. The van der Waals surface area contributed by atoms with Crippen molar-refractivity contribution in [1.29, 1.82) is 0 Å². The lowest BCUT2D eigenvalue weighted by atomic mass is 10.2. The molecule has 24 heavy (non-hydrogen) atoms. The van der Waals surface area contributed by atoms with E-state index in [2.05, 4.69) is 10.2 Å². The van der Waals surface area contributed by atoms with Crippen LogP contribution in [-0.4, -0.2) is 43.9 Å². The summed E-state index contributed by atoms with van der Waals surface area (Å²) in [5.41, 5.74) is 1.65. The number of ether oxygens (including phenoxy) is 1. The van der Waals surface area contributed by atoms with Gasteiger partial charge < -0.3 is 20.1 Å². The first-order chi connectivity index (χ1) is 11.6. The number of amides is 1. The van der Waals surface area contributed by atoms with Gasteiger partial charge in [-0.25, -0.2) is 0 Å². The SMILES string of the molecule is C[C@@H](O)CNC(=O)c1cccc(OCCN(C)c2ccccc2)c1. The summed E-state index contributed by atoms with van der Waals surface area (Å²) in [6.07, 6.45) is -0.568. The Hall–Kier alpha value is -2.53. The van der Waals surface area contributed by atoms with Crippen LogP contribution in [0.2, 0.25) is 0 Å². The molecular formula is C19H24N2O3. The molecule has 5 heteroatoms. The second kappa shape index (κ2) is 8.93. The maximum absolute atomic E-state index is 12.0. The molecule has 0 bridgehead atoms. The number of anilines is 1. The number of carbonyl (C=O) groups is 1. The lowest BCUT2D eigenvalue weighted by molar-refractivity contribution is 0.0923. The lowest BCUT2D eigenvalue weighted by Crippen LogP contribution is -2.30. The van der Waals surface area contributed by atoms with Gasteiger partial charge in [-0.15, -0.1) is 0 Å². The van der Waals surface area contributed by atoms with Crippen molar-refractivity contribution >= 4 is 11.6 Å². The van der Waals surface area contributed by atoms with Gasteiger partial charge >= 0.3 is 0 Å². The minimum atomic E-state index is -0.568. The predicted octanol–water partition coefficient (Wildman–Crippen LogP) is 2.31. The third-order valence-electron chi connectivity index (χ3n) is 3.55. The molecule has 0 saturated carbocycles. The van der Waals surface area contributed by atoms with E-state index in [4.69, 9.17) is 4.74 Å². The van der Waals surface area contributed by atoms with E-state index in [-0.39, 0.29) is 12.5 Å². The molecule has 0 saturated heterocycles. The first kappa shape index (κ1) is 17.8. The number of nitrogens with one attached hydrogen (secondary N) is 1. The largest absolute Gasteiger partial charge is 0.492 e. The lowest BCUT2D eigenvalue weighted by Gasteiger charge is -2.19. The molecule has 2 aromatic rings. The van der Waals surface area contributed by atoms with Crippen molar-refractivity contribution in [1.82, 2.24) is 5.32 Å². The molecule has 0 aromatic heterocycles. The molecule has 0 unspecified atom stereocenters. The number of hydrogen-bond acceptors (Lipinski definition) is 4. The second-order valence-corrected chi connectivity index (χ2v) is 5.69. The standard InChI is InChI=1S/C19H24N2O3/c1-15(22)14-20-19(23)16-7-6-10-18(13-16)24-12-11-21(2)17-8-4-3-5-9-17/h3-10,13,15,22H,11-12,14H2,1-2H3,(H,20,23)/t15-/m1/s1. The predicted molar refractivity (Wildman–Crippen MR) is 95.7 cm³/mol. The molecule has 0 spiro atoms. The highest BCUT2D eigenvalue weighted by molar-refractivity contribution is 5.94. The van der Waals surface area contributed by atoms with Crippen LogP contribution < -0.4 is 15.0 Å². The van der Waals surface area contributed by atoms with Crippen molar-refractivity contribution in [2.45, 2.75) is 13.0 Å². The van der Waals surface area contributed by atoms with Gasteiger partial charge in [-0.1, -0.05) is 24.3 Å². The molecule has 0 fully saturated rings. The van der Waals surface area contributed by atoms with E-state index in [0.717, 1.165) is 12.2 Å². The Kier molecular flexibility index (Phi) is 6.63. The molecule has 0 aliphatic heterocycles. The molecule has 0 aliphatic rings. The van der Waals surface area contributed by atoms with Crippen LogP contribution in [0.15, 0.2) is 54.6 Å². The summed E-state index contributed by atoms with van der Waals surface area (Å²) in [6, 6.07) is 17.1. The Balaban J connectivity index is 1.85. The van der Waals surface area contributed by atoms with Crippen molar-refractivity contribution in [2.24, 2.45) is 0 Å². The normalized spacial score (nSPS) is 11.6. The average molecular weight is 328 g/mol. The van der Waals surface area contributed by atoms with Gasteiger partial charge in [0.2, 0.25) is 0 Å². The Morgan fingerprint density at radius 3 is 2.67 bits per heavy atom. The number of nitrogens with zero attached hydrogens (tertiary/aromatic N) is 1. The van der Waals surface area contributed by atoms with Crippen LogP contribution in [-0.2, 0) is 0 Å². The fourth-order valence-electron chi connectivity index (χ4n) is 2.18. The third kappa shape index (κ3) is 5.59. The van der Waals surface area contributed by atoms with Crippen molar-refractivity contribution in [3.8, 4) is 5.75 Å². The first-order valence-corrected chi connectivity index (χ1v) is 8.01. The molecule has 2 N–H and O–H groups in total. The van der Waals surface area contributed by atoms with Crippen LogP contribution in [0.3, 0.4) is 0 Å². The van der Waals surface area contributed by atoms with Gasteiger partial charge in [0.15, 0.2) is 0 Å². The maximum atomic E-state index is 12.0. The van der Waals surface area contributed by atoms with Crippen molar-refractivity contribution in [3.63, 3.8) is 0 Å². The summed E-state index contributed by atoms with van der Waals surface area (Å²) in [6.45, 7) is 3.11. The number of likely N-dealkylation sites (N-methyl/N-ethyl adjacent to an activating group) is 1. The van der Waals surface area contributed by atoms with Crippen LogP contribution in [0.5, 0.6) is 5.75 Å². The molecule has 0 radical (unpaired) electrons. The van der Waals surface area contributed by atoms with Gasteiger partial charge in [0.1, 0.15) is 12.4 Å². The summed E-state index contributed by atoms with van der Waals surface area (Å²) < 4.78 is 5.74. The van der Waals surface area contributed by atoms with Gasteiger partial charge in [-0.3, -0.25) is 4.79 Å². The molecular weight excluding hydrogens is 304 g/mol. The first-order valence-electron chi connectivity index (χ1n) is 8.01. The monoisotopic (exact) mass is 328 g/mol. The molecule has 0 heterocycles. The number of benzene rings is 2. The van der Waals surface area contributed by atoms with E-state index < -0.39 is 6.10 Å². The van der Waals surface area contributed by atoms with Crippen LogP contribution in [0.25, 0.3) is 0 Å². The molecule has 5 nitrogen and oxygen atoms in total. The molecule has 1 atom stereocenters. The zero-order valence-corrected chi connectivity index (χ0v) is 14.1. The second-order valence-electron chi connectivity index (χ2n) is 5.69. The molecule has 0 aliphatic carbocycles. The van der Waals surface area contributed by atoms with E-state index in [9.17, 15) is 9.90 Å². The van der Waals surface area contributed by atoms with Gasteiger partial charge in [-0.05, 0) is 37.3 Å². The fraction of sp³-hybridized carbons (Fsp3) is 0.316. The number of aliphatic hydroxyl groups excluding tert-OH is 1. The number of aliphatic hydroxyl groups is 1. The zero-order valence-electron chi connectivity index (χ0n) is 14.1. The van der Waals surface area contributed by atoms with Crippen molar-refractivity contribution in [3.05, 3.63) is 60.2 Å². The molecule has 1 amide bonds. The van der Waals surface area contributed by atoms with Gasteiger partial charge in [0.25, 0.3) is 5.91 Å². The molecule has 128 valence electrons. The van der Waals surface area contributed by atoms with Crippen LogP contribution in [0.1, 0.15) is 17.3 Å². The van der Waals surface area contributed by atoms with Crippen molar-refractivity contribution in [2.75, 3.05) is 31.6 Å². The highest BCUT2D eigenvalue weighted by Gasteiger charge is 2.08. The van der Waals surface area contributed by atoms with E-state index in [1.165, 1.54) is 0 Å². The van der Waals surface area contributed by atoms with Crippen molar-refractivity contribution < 1.29 is 14.6 Å². The van der Waals surface area contributed by atoms with E-state index in [1.54, 1.807) is 25.1 Å². The van der Waals surface area contributed by atoms with Crippen LogP contribution in [0, 0.1) is 0 Å². The van der Waals surface area contributed by atoms with Crippen LogP contribution in [0.4, 0.5) is 5.69 Å². The number of carbonyl (C=O) groups excluding carboxylic acids is 1. The summed E-state index contributed by atoms with van der Waals surface area (Å²) in [4.78, 5) is 14.1. The van der Waals surface area contributed by atoms with E-state index in [1.807, 2.05) is 43.4 Å². The highest BCUT2D eigenvalue weighted by atomic mass is 16.5. The minimum Gasteiger partial charge on any atom is -0.492 e. The smallest absolute Gasteiger partial charge is 0.251 e. The van der Waals surface area contributed by atoms with E-state index >= 15 is 0 Å². The zero-order chi connectivity index (χ0) is 17.4. The fourth-order valence-corrected chi connectivity index (χ4v) is 2.18. The van der Waals surface area contributed by atoms with Gasteiger partial charge in [0, 0.05) is 24.8 Å². The van der Waals surface area contributed by atoms with Crippen LogP contribution >= 0.6 is 0 Å². The molecule has 2 aromatic carbocycles. The Labute approximate surface area is 142 Å². The minimum absolute atomic E-state index is 0.220. The summed E-state index contributed by atoms with van der Waals surface area (Å²) >= 11 is 0. The van der Waals surface area contributed by atoms with Gasteiger partial charge in [0.05, 0.1) is 12.6 Å². The van der Waals surface area contributed by atoms with E-state index in [0.29, 0.717) is 17.9 Å².